The van der Waals surface area contributed by atoms with Crippen molar-refractivity contribution in [3.8, 4) is 5.75 Å². The average molecular weight is 451 g/mol. The van der Waals surface area contributed by atoms with Crippen LogP contribution in [0.1, 0.15) is 24.1 Å². The monoisotopic (exact) mass is 450 g/mol. The van der Waals surface area contributed by atoms with Gasteiger partial charge in [-0.25, -0.2) is 4.99 Å². The SMILES string of the molecule is CCOC(=O)[C@@H]1C(=O)NC(N2CCN(c3ccccc3OC)CC2)=N[C@H]1c1cccc(C)c1. The van der Waals surface area contributed by atoms with Gasteiger partial charge in [0, 0.05) is 26.2 Å². The molecule has 2 heterocycles. The third-order valence-electron chi connectivity index (χ3n) is 6.02. The summed E-state index contributed by atoms with van der Waals surface area (Å²) in [4.78, 5) is 34.9. The zero-order valence-electron chi connectivity index (χ0n) is 19.3. The number of aliphatic imine (C=N–C) groups is 1. The number of carbonyl (C=O) groups is 2. The molecule has 2 aromatic carbocycles. The maximum Gasteiger partial charge on any atom is 0.321 e. The highest BCUT2D eigenvalue weighted by molar-refractivity contribution is 6.08. The lowest BCUT2D eigenvalue weighted by atomic mass is 9.90. The molecule has 8 nitrogen and oxygen atoms in total. The van der Waals surface area contributed by atoms with E-state index in [-0.39, 0.29) is 12.5 Å². The number of nitrogens with one attached hydrogen (secondary N) is 1. The van der Waals surface area contributed by atoms with E-state index in [0.717, 1.165) is 35.7 Å². The number of rotatable bonds is 5. The Morgan fingerprint density at radius 3 is 2.52 bits per heavy atom. The number of guanidine groups is 1. The summed E-state index contributed by atoms with van der Waals surface area (Å²) in [5.41, 5.74) is 2.92. The van der Waals surface area contributed by atoms with Gasteiger partial charge in [0.15, 0.2) is 5.92 Å². The van der Waals surface area contributed by atoms with E-state index >= 15 is 0 Å². The predicted octanol–water partition coefficient (Wildman–Crippen LogP) is 2.53. The Morgan fingerprint density at radius 2 is 1.82 bits per heavy atom. The molecule has 33 heavy (non-hydrogen) atoms. The number of hydrogen-bond donors (Lipinski definition) is 1. The molecule has 0 aliphatic carbocycles. The van der Waals surface area contributed by atoms with Crippen molar-refractivity contribution in [2.75, 3.05) is 44.8 Å². The highest BCUT2D eigenvalue weighted by Crippen LogP contribution is 2.32. The third-order valence-corrected chi connectivity index (χ3v) is 6.02. The highest BCUT2D eigenvalue weighted by Gasteiger charge is 2.42. The van der Waals surface area contributed by atoms with Gasteiger partial charge < -0.3 is 19.3 Å². The molecule has 1 N–H and O–H groups in total. The van der Waals surface area contributed by atoms with Crippen LogP contribution in [0.4, 0.5) is 5.69 Å². The number of para-hydroxylation sites is 2. The van der Waals surface area contributed by atoms with Crippen LogP contribution in [0, 0.1) is 12.8 Å². The van der Waals surface area contributed by atoms with Crippen molar-refractivity contribution < 1.29 is 19.1 Å². The van der Waals surface area contributed by atoms with Crippen molar-refractivity contribution in [2.24, 2.45) is 10.9 Å². The molecule has 1 fully saturated rings. The Labute approximate surface area is 194 Å². The van der Waals surface area contributed by atoms with Crippen LogP contribution in [-0.4, -0.2) is 62.6 Å². The number of aryl methyl sites for hydroxylation is 1. The van der Waals surface area contributed by atoms with Crippen molar-refractivity contribution in [2.45, 2.75) is 19.9 Å². The number of esters is 1. The van der Waals surface area contributed by atoms with Gasteiger partial charge in [0.05, 0.1) is 19.4 Å². The standard InChI is InChI=1S/C25H30N4O4/c1-4-33-24(31)21-22(18-9-7-8-17(2)16-18)26-25(27-23(21)30)29-14-12-28(13-15-29)19-10-5-6-11-20(19)32-3/h5-11,16,21-22H,4,12-15H2,1-3H3,(H,26,27,30)/t21-,22-/m0/s1. The summed E-state index contributed by atoms with van der Waals surface area (Å²) in [6.45, 7) is 6.80. The van der Waals surface area contributed by atoms with E-state index in [0.29, 0.717) is 19.0 Å². The topological polar surface area (TPSA) is 83.5 Å². The molecule has 2 atom stereocenters. The summed E-state index contributed by atoms with van der Waals surface area (Å²) in [5, 5.41) is 2.86. The summed E-state index contributed by atoms with van der Waals surface area (Å²) >= 11 is 0. The Kier molecular flexibility index (Phi) is 6.82. The van der Waals surface area contributed by atoms with Crippen molar-refractivity contribution >= 4 is 23.5 Å². The molecule has 4 rings (SSSR count). The normalized spacial score (nSPS) is 20.7. The number of ether oxygens (including phenoxy) is 2. The molecule has 0 bridgehead atoms. The van der Waals surface area contributed by atoms with Gasteiger partial charge in [-0.2, -0.15) is 0 Å². The first-order valence-electron chi connectivity index (χ1n) is 11.3. The Hall–Kier alpha value is -3.55. The van der Waals surface area contributed by atoms with Gasteiger partial charge in [-0.15, -0.1) is 0 Å². The van der Waals surface area contributed by atoms with E-state index in [2.05, 4.69) is 15.1 Å². The number of benzene rings is 2. The molecule has 0 radical (unpaired) electrons. The lowest BCUT2D eigenvalue weighted by Gasteiger charge is -2.40. The molecule has 0 aromatic heterocycles. The lowest BCUT2D eigenvalue weighted by Crippen LogP contribution is -2.57. The van der Waals surface area contributed by atoms with E-state index in [1.807, 2.05) is 55.5 Å². The van der Waals surface area contributed by atoms with E-state index in [4.69, 9.17) is 14.5 Å². The van der Waals surface area contributed by atoms with Crippen molar-refractivity contribution in [3.63, 3.8) is 0 Å². The Morgan fingerprint density at radius 1 is 1.09 bits per heavy atom. The van der Waals surface area contributed by atoms with E-state index in [9.17, 15) is 9.59 Å². The molecule has 1 saturated heterocycles. The van der Waals surface area contributed by atoms with Crippen LogP contribution in [0.15, 0.2) is 53.5 Å². The second-order valence-electron chi connectivity index (χ2n) is 8.18. The predicted molar refractivity (Wildman–Crippen MR) is 126 cm³/mol. The smallest absolute Gasteiger partial charge is 0.321 e. The van der Waals surface area contributed by atoms with E-state index in [1.165, 1.54) is 0 Å². The first-order chi connectivity index (χ1) is 16.0. The molecule has 2 aromatic rings. The summed E-state index contributed by atoms with van der Waals surface area (Å²) < 4.78 is 10.7. The fourth-order valence-electron chi connectivity index (χ4n) is 4.37. The van der Waals surface area contributed by atoms with Gasteiger partial charge >= 0.3 is 5.97 Å². The number of nitrogens with zero attached hydrogens (tertiary/aromatic N) is 3. The summed E-state index contributed by atoms with van der Waals surface area (Å²) in [6, 6.07) is 15.1. The molecule has 8 heteroatoms. The van der Waals surface area contributed by atoms with Crippen LogP contribution in [0.2, 0.25) is 0 Å². The van der Waals surface area contributed by atoms with Crippen LogP contribution in [0.25, 0.3) is 0 Å². The third kappa shape index (κ3) is 4.79. The largest absolute Gasteiger partial charge is 0.495 e. The molecule has 0 spiro atoms. The summed E-state index contributed by atoms with van der Waals surface area (Å²) in [7, 11) is 1.67. The molecule has 1 amide bonds. The fraction of sp³-hybridized carbons (Fsp3) is 0.400. The highest BCUT2D eigenvalue weighted by atomic mass is 16.5. The Bertz CT molecular complexity index is 1050. The zero-order valence-corrected chi connectivity index (χ0v) is 19.3. The van der Waals surface area contributed by atoms with Gasteiger partial charge in [-0.1, -0.05) is 42.0 Å². The molecule has 174 valence electrons. The van der Waals surface area contributed by atoms with Crippen LogP contribution in [-0.2, 0) is 14.3 Å². The number of piperazine rings is 1. The molecule has 2 aliphatic rings. The van der Waals surface area contributed by atoms with Crippen molar-refractivity contribution in [3.05, 3.63) is 59.7 Å². The average Bonchev–Trinajstić information content (AvgIpc) is 2.83. The summed E-state index contributed by atoms with van der Waals surface area (Å²) in [6.07, 6.45) is 0. The van der Waals surface area contributed by atoms with Gasteiger partial charge in [0.25, 0.3) is 0 Å². The van der Waals surface area contributed by atoms with Crippen LogP contribution in [0.3, 0.4) is 0 Å². The zero-order chi connectivity index (χ0) is 23.4. The Balaban J connectivity index is 1.57. The van der Waals surface area contributed by atoms with Gasteiger partial charge in [-0.3, -0.25) is 14.9 Å². The lowest BCUT2D eigenvalue weighted by molar-refractivity contribution is -0.153. The molecule has 0 saturated carbocycles. The minimum absolute atomic E-state index is 0.213. The second kappa shape index (κ2) is 9.94. The molecule has 0 unspecified atom stereocenters. The first kappa shape index (κ1) is 22.6. The molecular weight excluding hydrogens is 420 g/mol. The van der Waals surface area contributed by atoms with Crippen LogP contribution >= 0.6 is 0 Å². The van der Waals surface area contributed by atoms with Crippen molar-refractivity contribution in [1.82, 2.24) is 10.2 Å². The van der Waals surface area contributed by atoms with Crippen LogP contribution in [0.5, 0.6) is 5.75 Å². The maximum absolute atomic E-state index is 13.1. The maximum atomic E-state index is 13.1. The number of methoxy groups -OCH3 is 1. The number of hydrogen-bond acceptors (Lipinski definition) is 7. The van der Waals surface area contributed by atoms with Gasteiger partial charge in [0.2, 0.25) is 11.9 Å². The molecule has 2 aliphatic heterocycles. The van der Waals surface area contributed by atoms with Gasteiger partial charge in [-0.05, 0) is 31.5 Å². The summed E-state index contributed by atoms with van der Waals surface area (Å²) in [5.74, 6) is -0.592. The quantitative estimate of drug-likeness (QED) is 0.557. The second-order valence-corrected chi connectivity index (χ2v) is 8.18. The van der Waals surface area contributed by atoms with Crippen LogP contribution < -0.4 is 15.0 Å². The van der Waals surface area contributed by atoms with E-state index in [1.54, 1.807) is 14.0 Å². The minimum Gasteiger partial charge on any atom is -0.495 e. The number of amides is 1. The minimum atomic E-state index is -1.01. The first-order valence-corrected chi connectivity index (χ1v) is 11.3. The van der Waals surface area contributed by atoms with Crippen molar-refractivity contribution in [1.29, 1.82) is 0 Å². The van der Waals surface area contributed by atoms with E-state index < -0.39 is 17.9 Å². The number of anilines is 1. The fourth-order valence-corrected chi connectivity index (χ4v) is 4.37. The van der Waals surface area contributed by atoms with Gasteiger partial charge in [0.1, 0.15) is 11.8 Å². The molecular formula is C25H30N4O4. The number of carbonyl (C=O) groups excluding carboxylic acids is 2.